The van der Waals surface area contributed by atoms with E-state index < -0.39 is 0 Å². The van der Waals surface area contributed by atoms with Gasteiger partial charge in [0, 0.05) is 11.3 Å². The number of halogens is 2. The van der Waals surface area contributed by atoms with Gasteiger partial charge in [0.2, 0.25) is 0 Å². The number of nitrogens with one attached hydrogen (secondary N) is 2. The van der Waals surface area contributed by atoms with Gasteiger partial charge in [-0.25, -0.2) is 4.39 Å². The summed E-state index contributed by atoms with van der Waals surface area (Å²) in [5.74, 6) is -0.641. The molecule has 0 bridgehead atoms. The van der Waals surface area contributed by atoms with Crippen LogP contribution in [0.25, 0.3) is 0 Å². The van der Waals surface area contributed by atoms with Crippen molar-refractivity contribution >= 4 is 34.8 Å². The minimum Gasteiger partial charge on any atom is -0.484 e. The normalized spacial score (nSPS) is 10.2. The van der Waals surface area contributed by atoms with E-state index in [0.29, 0.717) is 27.7 Å². The first-order valence-corrected chi connectivity index (χ1v) is 8.73. The van der Waals surface area contributed by atoms with E-state index in [2.05, 4.69) is 10.6 Å². The molecule has 0 saturated carbocycles. The lowest BCUT2D eigenvalue weighted by molar-refractivity contribution is -0.118. The van der Waals surface area contributed by atoms with Crippen molar-refractivity contribution in [3.8, 4) is 5.75 Å². The molecule has 0 unspecified atom stereocenters. The molecule has 0 aliphatic carbocycles. The average Bonchev–Trinajstić information content (AvgIpc) is 2.70. The van der Waals surface area contributed by atoms with Crippen molar-refractivity contribution in [1.29, 1.82) is 0 Å². The lowest BCUT2D eigenvalue weighted by Gasteiger charge is -2.09. The summed E-state index contributed by atoms with van der Waals surface area (Å²) in [5, 5.41) is 5.77. The smallest absolute Gasteiger partial charge is 0.262 e. The summed E-state index contributed by atoms with van der Waals surface area (Å²) in [4.78, 5) is 24.1. The lowest BCUT2D eigenvalue weighted by Crippen LogP contribution is -2.20. The second-order valence-electron chi connectivity index (χ2n) is 5.80. The maximum absolute atomic E-state index is 12.9. The van der Waals surface area contributed by atoms with Crippen molar-refractivity contribution in [2.45, 2.75) is 0 Å². The number of carbonyl (C=O) groups excluding carboxylic acids is 2. The average molecular weight is 399 g/mol. The summed E-state index contributed by atoms with van der Waals surface area (Å²) in [6.07, 6.45) is 0. The SMILES string of the molecule is O=C(COc1ccc(C(=O)Nc2ccccc2Cl)cc1)Nc1ccc(F)cc1. The molecule has 0 atom stereocenters. The molecule has 0 saturated heterocycles. The van der Waals surface area contributed by atoms with Crippen LogP contribution in [0.1, 0.15) is 10.4 Å². The first-order valence-electron chi connectivity index (χ1n) is 8.35. The van der Waals surface area contributed by atoms with E-state index in [1.807, 2.05) is 0 Å². The number of hydrogen-bond acceptors (Lipinski definition) is 3. The van der Waals surface area contributed by atoms with Gasteiger partial charge in [-0.05, 0) is 60.7 Å². The molecule has 28 heavy (non-hydrogen) atoms. The molecule has 2 amide bonds. The molecular formula is C21H16ClFN2O3. The highest BCUT2D eigenvalue weighted by Gasteiger charge is 2.09. The Hall–Kier alpha value is -3.38. The molecule has 2 N–H and O–H groups in total. The van der Waals surface area contributed by atoms with Crippen LogP contribution < -0.4 is 15.4 Å². The monoisotopic (exact) mass is 398 g/mol. The summed E-state index contributed by atoms with van der Waals surface area (Å²) in [5.41, 5.74) is 1.41. The molecular weight excluding hydrogens is 383 g/mol. The van der Waals surface area contributed by atoms with Gasteiger partial charge >= 0.3 is 0 Å². The minimum absolute atomic E-state index is 0.220. The van der Waals surface area contributed by atoms with Crippen molar-refractivity contribution in [3.05, 3.63) is 89.2 Å². The fourth-order valence-corrected chi connectivity index (χ4v) is 2.52. The van der Waals surface area contributed by atoms with E-state index in [9.17, 15) is 14.0 Å². The van der Waals surface area contributed by atoms with E-state index >= 15 is 0 Å². The molecule has 3 aromatic carbocycles. The zero-order chi connectivity index (χ0) is 19.9. The van der Waals surface area contributed by atoms with Crippen LogP contribution in [0.2, 0.25) is 5.02 Å². The summed E-state index contributed by atoms with van der Waals surface area (Å²) >= 11 is 6.03. The highest BCUT2D eigenvalue weighted by Crippen LogP contribution is 2.21. The Morgan fingerprint density at radius 3 is 2.25 bits per heavy atom. The third-order valence-corrected chi connectivity index (χ3v) is 4.07. The summed E-state index contributed by atoms with van der Waals surface area (Å²) in [6, 6.07) is 18.7. The third-order valence-electron chi connectivity index (χ3n) is 3.74. The molecule has 0 fully saturated rings. The molecule has 142 valence electrons. The number of rotatable bonds is 6. The van der Waals surface area contributed by atoms with Crippen LogP contribution in [0.5, 0.6) is 5.75 Å². The van der Waals surface area contributed by atoms with E-state index in [0.717, 1.165) is 0 Å². The van der Waals surface area contributed by atoms with E-state index in [-0.39, 0.29) is 24.2 Å². The van der Waals surface area contributed by atoms with Crippen LogP contribution in [0.4, 0.5) is 15.8 Å². The first-order chi connectivity index (χ1) is 13.5. The molecule has 0 radical (unpaired) electrons. The molecule has 0 aromatic heterocycles. The summed E-state index contributed by atoms with van der Waals surface area (Å²) < 4.78 is 18.2. The second kappa shape index (κ2) is 9.01. The highest BCUT2D eigenvalue weighted by molar-refractivity contribution is 6.33. The molecule has 0 spiro atoms. The van der Waals surface area contributed by atoms with Gasteiger partial charge < -0.3 is 15.4 Å². The number of carbonyl (C=O) groups is 2. The maximum atomic E-state index is 12.9. The van der Waals surface area contributed by atoms with Crippen LogP contribution in [-0.4, -0.2) is 18.4 Å². The molecule has 0 aliphatic rings. The molecule has 7 heteroatoms. The number of benzene rings is 3. The molecule has 3 aromatic rings. The lowest BCUT2D eigenvalue weighted by atomic mass is 10.2. The Balaban J connectivity index is 1.52. The zero-order valence-electron chi connectivity index (χ0n) is 14.6. The fourth-order valence-electron chi connectivity index (χ4n) is 2.34. The van der Waals surface area contributed by atoms with Gasteiger partial charge in [0.1, 0.15) is 11.6 Å². The van der Waals surface area contributed by atoms with E-state index in [1.54, 1.807) is 48.5 Å². The Kier molecular flexibility index (Phi) is 6.24. The van der Waals surface area contributed by atoms with Gasteiger partial charge in [-0.2, -0.15) is 0 Å². The molecule has 0 aliphatic heterocycles. The largest absolute Gasteiger partial charge is 0.484 e. The van der Waals surface area contributed by atoms with Crippen LogP contribution in [0, 0.1) is 5.82 Å². The number of ether oxygens (including phenoxy) is 1. The van der Waals surface area contributed by atoms with Crippen molar-refractivity contribution in [2.24, 2.45) is 0 Å². The van der Waals surface area contributed by atoms with E-state index in [4.69, 9.17) is 16.3 Å². The number of anilines is 2. The Bertz CT molecular complexity index is 976. The van der Waals surface area contributed by atoms with Crippen LogP contribution >= 0.6 is 11.6 Å². The molecule has 3 rings (SSSR count). The topological polar surface area (TPSA) is 67.4 Å². The fraction of sp³-hybridized carbons (Fsp3) is 0.0476. The summed E-state index contributed by atoms with van der Waals surface area (Å²) in [7, 11) is 0. The molecule has 5 nitrogen and oxygen atoms in total. The third kappa shape index (κ3) is 5.31. The number of hydrogen-bond donors (Lipinski definition) is 2. The Labute approximate surface area is 166 Å². The van der Waals surface area contributed by atoms with Crippen molar-refractivity contribution < 1.29 is 18.7 Å². The minimum atomic E-state index is -0.382. The van der Waals surface area contributed by atoms with Gasteiger partial charge in [0.25, 0.3) is 11.8 Å². The van der Waals surface area contributed by atoms with Crippen LogP contribution in [0.15, 0.2) is 72.8 Å². The second-order valence-corrected chi connectivity index (χ2v) is 6.21. The Morgan fingerprint density at radius 2 is 1.57 bits per heavy atom. The first kappa shape index (κ1) is 19.4. The van der Waals surface area contributed by atoms with Gasteiger partial charge in [-0.1, -0.05) is 23.7 Å². The quantitative estimate of drug-likeness (QED) is 0.629. The van der Waals surface area contributed by atoms with Crippen molar-refractivity contribution in [2.75, 3.05) is 17.2 Å². The zero-order valence-corrected chi connectivity index (χ0v) is 15.4. The highest BCUT2D eigenvalue weighted by atomic mass is 35.5. The van der Waals surface area contributed by atoms with Gasteiger partial charge in [0.05, 0.1) is 10.7 Å². The van der Waals surface area contributed by atoms with Gasteiger partial charge in [-0.15, -0.1) is 0 Å². The maximum Gasteiger partial charge on any atom is 0.262 e. The van der Waals surface area contributed by atoms with Crippen molar-refractivity contribution in [3.63, 3.8) is 0 Å². The Morgan fingerprint density at radius 1 is 0.893 bits per heavy atom. The van der Waals surface area contributed by atoms with Gasteiger partial charge in [-0.3, -0.25) is 9.59 Å². The van der Waals surface area contributed by atoms with Gasteiger partial charge in [0.15, 0.2) is 6.61 Å². The van der Waals surface area contributed by atoms with Crippen molar-refractivity contribution in [1.82, 2.24) is 0 Å². The molecule has 0 heterocycles. The number of para-hydroxylation sites is 1. The summed E-state index contributed by atoms with van der Waals surface area (Å²) in [6.45, 7) is -0.220. The predicted molar refractivity (Wildman–Crippen MR) is 106 cm³/mol. The van der Waals surface area contributed by atoms with Crippen LogP contribution in [-0.2, 0) is 4.79 Å². The standard InChI is InChI=1S/C21H16ClFN2O3/c22-18-3-1-2-4-19(18)25-21(27)14-5-11-17(12-6-14)28-13-20(26)24-16-9-7-15(23)8-10-16/h1-12H,13H2,(H,24,26)(H,25,27). The van der Waals surface area contributed by atoms with E-state index in [1.165, 1.54) is 24.3 Å². The number of amides is 2. The predicted octanol–water partition coefficient (Wildman–Crippen LogP) is 4.75. The van der Waals surface area contributed by atoms with Crippen LogP contribution in [0.3, 0.4) is 0 Å².